The molecule has 0 saturated heterocycles. The van der Waals surface area contributed by atoms with Crippen LogP contribution >= 0.6 is 11.8 Å². The summed E-state index contributed by atoms with van der Waals surface area (Å²) in [7, 11) is 3.29. The Morgan fingerprint density at radius 2 is 1.68 bits per heavy atom. The Kier molecular flexibility index (Phi) is 6.23. The summed E-state index contributed by atoms with van der Waals surface area (Å²) in [6.45, 7) is 0. The molecule has 4 heteroatoms. The molecule has 0 radical (unpaired) electrons. The number of fused-ring (bicyclic) bond motifs is 1. The second-order valence-corrected chi connectivity index (χ2v) is 6.60. The molecule has 0 spiro atoms. The number of benzene rings is 2. The molecule has 0 aliphatic heterocycles. The van der Waals surface area contributed by atoms with Crippen LogP contribution < -0.4 is 0 Å². The highest BCUT2D eigenvalue weighted by Gasteiger charge is 2.07. The number of hydrogen-bond acceptors (Lipinski definition) is 4. The van der Waals surface area contributed by atoms with E-state index in [1.807, 2.05) is 24.3 Å². The lowest BCUT2D eigenvalue weighted by Gasteiger charge is -2.12. The minimum atomic E-state index is -0.215. The van der Waals surface area contributed by atoms with Crippen molar-refractivity contribution in [1.82, 2.24) is 4.98 Å². The monoisotopic (exact) mass is 351 g/mol. The van der Waals surface area contributed by atoms with Gasteiger partial charge in [0.05, 0.1) is 16.3 Å². The van der Waals surface area contributed by atoms with Gasteiger partial charge in [0.2, 0.25) is 0 Å². The fraction of sp³-hybridized carbons (Fsp3) is 0.190. The van der Waals surface area contributed by atoms with Gasteiger partial charge in [-0.1, -0.05) is 54.6 Å². The molecule has 25 heavy (non-hydrogen) atoms. The molecule has 2 aromatic carbocycles. The highest BCUT2D eigenvalue weighted by molar-refractivity contribution is 7.99. The number of methoxy groups -OCH3 is 2. The Labute approximate surface area is 152 Å². The van der Waals surface area contributed by atoms with Gasteiger partial charge >= 0.3 is 0 Å². The zero-order chi connectivity index (χ0) is 17.5. The van der Waals surface area contributed by atoms with Crippen LogP contribution in [0.4, 0.5) is 0 Å². The highest BCUT2D eigenvalue weighted by Crippen LogP contribution is 2.23. The lowest BCUT2D eigenvalue weighted by atomic mass is 10.1. The van der Waals surface area contributed by atoms with Gasteiger partial charge in [-0.2, -0.15) is 0 Å². The number of rotatable bonds is 7. The summed E-state index contributed by atoms with van der Waals surface area (Å²) in [6.07, 6.45) is 4.03. The summed E-state index contributed by atoms with van der Waals surface area (Å²) >= 11 is 1.63. The van der Waals surface area contributed by atoms with E-state index in [4.69, 9.17) is 14.5 Å². The van der Waals surface area contributed by atoms with Gasteiger partial charge in [0.15, 0.2) is 6.29 Å². The van der Waals surface area contributed by atoms with E-state index in [1.165, 1.54) is 5.56 Å². The van der Waals surface area contributed by atoms with Crippen LogP contribution in [-0.2, 0) is 9.47 Å². The number of aromatic nitrogens is 1. The molecule has 3 rings (SSSR count). The Morgan fingerprint density at radius 1 is 0.920 bits per heavy atom. The molecule has 3 aromatic rings. The maximum Gasteiger partial charge on any atom is 0.166 e. The van der Waals surface area contributed by atoms with Gasteiger partial charge in [-0.3, -0.25) is 0 Å². The standard InChI is InChI=1S/C21H21NO2S/c1-23-21(24-2)15-25-20-13-11-18-14-17(10-12-19(18)22-20)9-8-16-6-4-3-5-7-16/h3-14,21H,15H2,1-2H3/b9-8+. The molecular formula is C21H21NO2S. The van der Waals surface area contributed by atoms with Crippen LogP contribution in [0.3, 0.4) is 0 Å². The summed E-state index contributed by atoms with van der Waals surface area (Å²) in [6, 6.07) is 20.8. The Hall–Kier alpha value is -2.14. The lowest BCUT2D eigenvalue weighted by Crippen LogP contribution is -2.15. The van der Waals surface area contributed by atoms with Crippen molar-refractivity contribution in [3.8, 4) is 0 Å². The Balaban J connectivity index is 1.73. The SMILES string of the molecule is COC(CSc1ccc2cc(/C=C/c3ccccc3)ccc2n1)OC. The topological polar surface area (TPSA) is 31.4 Å². The zero-order valence-electron chi connectivity index (χ0n) is 14.4. The van der Waals surface area contributed by atoms with Crippen molar-refractivity contribution < 1.29 is 9.47 Å². The van der Waals surface area contributed by atoms with E-state index < -0.39 is 0 Å². The van der Waals surface area contributed by atoms with Crippen molar-refractivity contribution >= 4 is 34.8 Å². The maximum absolute atomic E-state index is 5.21. The van der Waals surface area contributed by atoms with E-state index in [2.05, 4.69) is 48.6 Å². The largest absolute Gasteiger partial charge is 0.355 e. The average Bonchev–Trinajstić information content (AvgIpc) is 2.68. The van der Waals surface area contributed by atoms with Crippen LogP contribution in [0.25, 0.3) is 23.1 Å². The minimum Gasteiger partial charge on any atom is -0.355 e. The average molecular weight is 351 g/mol. The first-order valence-corrected chi connectivity index (χ1v) is 9.09. The van der Waals surface area contributed by atoms with Gasteiger partial charge < -0.3 is 9.47 Å². The maximum atomic E-state index is 5.21. The zero-order valence-corrected chi connectivity index (χ0v) is 15.2. The first-order valence-electron chi connectivity index (χ1n) is 8.11. The van der Waals surface area contributed by atoms with Crippen LogP contribution in [-0.4, -0.2) is 31.2 Å². The van der Waals surface area contributed by atoms with E-state index >= 15 is 0 Å². The summed E-state index contributed by atoms with van der Waals surface area (Å²) in [4.78, 5) is 4.70. The molecule has 0 aliphatic rings. The molecule has 0 aliphatic carbocycles. The first kappa shape index (κ1) is 17.7. The third kappa shape index (κ3) is 4.92. The molecule has 0 amide bonds. The van der Waals surface area contributed by atoms with Gasteiger partial charge in [-0.05, 0) is 29.3 Å². The van der Waals surface area contributed by atoms with Gasteiger partial charge in [0.1, 0.15) is 0 Å². The number of hydrogen-bond donors (Lipinski definition) is 0. The number of ether oxygens (including phenoxy) is 2. The van der Waals surface area contributed by atoms with Crippen LogP contribution in [0.15, 0.2) is 65.7 Å². The molecule has 128 valence electrons. The number of thioether (sulfide) groups is 1. The van der Waals surface area contributed by atoms with E-state index in [1.54, 1.807) is 26.0 Å². The Morgan fingerprint density at radius 3 is 2.44 bits per heavy atom. The predicted molar refractivity (Wildman–Crippen MR) is 106 cm³/mol. The normalized spacial score (nSPS) is 11.6. The fourth-order valence-corrected chi connectivity index (χ4v) is 3.36. The second-order valence-electron chi connectivity index (χ2n) is 5.56. The molecule has 0 atom stereocenters. The Bertz CT molecular complexity index is 845. The molecule has 0 fully saturated rings. The van der Waals surface area contributed by atoms with E-state index in [0.717, 1.165) is 21.5 Å². The summed E-state index contributed by atoms with van der Waals surface area (Å²) in [5.74, 6) is 0.712. The van der Waals surface area contributed by atoms with Gasteiger partial charge in [0.25, 0.3) is 0 Å². The van der Waals surface area contributed by atoms with Crippen molar-refractivity contribution in [3.05, 3.63) is 71.8 Å². The van der Waals surface area contributed by atoms with Crippen molar-refractivity contribution in [2.75, 3.05) is 20.0 Å². The molecule has 0 N–H and O–H groups in total. The number of pyridine rings is 1. The molecule has 0 unspecified atom stereocenters. The molecule has 1 aromatic heterocycles. The van der Waals surface area contributed by atoms with Crippen LogP contribution in [0.1, 0.15) is 11.1 Å². The van der Waals surface area contributed by atoms with Crippen molar-refractivity contribution in [2.45, 2.75) is 11.3 Å². The third-order valence-corrected chi connectivity index (χ3v) is 4.81. The predicted octanol–water partition coefficient (Wildman–Crippen LogP) is 5.12. The second kappa shape index (κ2) is 8.81. The summed E-state index contributed by atoms with van der Waals surface area (Å²) in [5, 5.41) is 2.11. The van der Waals surface area contributed by atoms with E-state index in [9.17, 15) is 0 Å². The fourth-order valence-electron chi connectivity index (χ4n) is 2.45. The lowest BCUT2D eigenvalue weighted by molar-refractivity contribution is -0.0842. The molecule has 0 saturated carbocycles. The highest BCUT2D eigenvalue weighted by atomic mass is 32.2. The molecule has 3 nitrogen and oxygen atoms in total. The smallest absolute Gasteiger partial charge is 0.166 e. The first-order chi connectivity index (χ1) is 12.3. The van der Waals surface area contributed by atoms with E-state index in [0.29, 0.717) is 5.75 Å². The van der Waals surface area contributed by atoms with Crippen LogP contribution in [0.5, 0.6) is 0 Å². The van der Waals surface area contributed by atoms with Crippen molar-refractivity contribution in [3.63, 3.8) is 0 Å². The van der Waals surface area contributed by atoms with Crippen LogP contribution in [0.2, 0.25) is 0 Å². The van der Waals surface area contributed by atoms with Crippen molar-refractivity contribution in [2.24, 2.45) is 0 Å². The van der Waals surface area contributed by atoms with E-state index in [-0.39, 0.29) is 6.29 Å². The summed E-state index contributed by atoms with van der Waals surface area (Å²) in [5.41, 5.74) is 3.35. The molecule has 0 bridgehead atoms. The van der Waals surface area contributed by atoms with Gasteiger partial charge in [0, 0.05) is 19.6 Å². The quantitative estimate of drug-likeness (QED) is 0.336. The number of nitrogens with zero attached hydrogens (tertiary/aromatic N) is 1. The van der Waals surface area contributed by atoms with Gasteiger partial charge in [-0.25, -0.2) is 4.98 Å². The third-order valence-electron chi connectivity index (χ3n) is 3.85. The molecule has 1 heterocycles. The van der Waals surface area contributed by atoms with Gasteiger partial charge in [-0.15, -0.1) is 11.8 Å². The minimum absolute atomic E-state index is 0.215. The summed E-state index contributed by atoms with van der Waals surface area (Å²) < 4.78 is 10.4. The molecular weight excluding hydrogens is 330 g/mol. The van der Waals surface area contributed by atoms with Crippen LogP contribution in [0, 0.1) is 0 Å². The van der Waals surface area contributed by atoms with Crippen molar-refractivity contribution in [1.29, 1.82) is 0 Å².